The molecule has 1 aromatic rings. The van der Waals surface area contributed by atoms with Crippen LogP contribution in [0.2, 0.25) is 0 Å². The molecule has 0 fully saturated rings. The molecule has 0 spiro atoms. The highest BCUT2D eigenvalue weighted by atomic mass is 79.9. The highest BCUT2D eigenvalue weighted by Gasteiger charge is 2.37. The number of benzene rings is 1. The zero-order valence-electron chi connectivity index (χ0n) is 16.9. The molecular weight excluding hydrogens is 458 g/mol. The molecule has 6 nitrogen and oxygen atoms in total. The van der Waals surface area contributed by atoms with E-state index in [9.17, 15) is 14.4 Å². The third-order valence-electron chi connectivity index (χ3n) is 4.63. The Hall–Kier alpha value is -1.64. The summed E-state index contributed by atoms with van der Waals surface area (Å²) in [5.74, 6) is -0.750. The zero-order chi connectivity index (χ0) is 21.4. The molecule has 0 radical (unpaired) electrons. The number of esters is 2. The molecule has 1 aliphatic heterocycles. The topological polar surface area (TPSA) is 72.9 Å². The van der Waals surface area contributed by atoms with Gasteiger partial charge in [0.1, 0.15) is 6.04 Å². The van der Waals surface area contributed by atoms with Crippen molar-refractivity contribution in [3.05, 3.63) is 46.4 Å². The van der Waals surface area contributed by atoms with Crippen LogP contribution in [-0.2, 0) is 23.9 Å². The van der Waals surface area contributed by atoms with E-state index in [1.807, 2.05) is 42.2 Å². The van der Waals surface area contributed by atoms with E-state index >= 15 is 0 Å². The number of nitrogens with zero attached hydrogens (tertiary/aromatic N) is 1. The Kier molecular flexibility index (Phi) is 9.39. The van der Waals surface area contributed by atoms with Crippen LogP contribution in [0.4, 0.5) is 0 Å². The van der Waals surface area contributed by atoms with Gasteiger partial charge in [-0.3, -0.25) is 14.5 Å². The summed E-state index contributed by atoms with van der Waals surface area (Å²) < 4.78 is 9.90. The summed E-state index contributed by atoms with van der Waals surface area (Å²) in [6.07, 6.45) is 1.84. The molecule has 0 amide bonds. The molecule has 0 N–H and O–H groups in total. The summed E-state index contributed by atoms with van der Waals surface area (Å²) >= 11 is 4.87. The fraction of sp³-hybridized carbons (Fsp3) is 0.476. The maximum atomic E-state index is 12.6. The van der Waals surface area contributed by atoms with Gasteiger partial charge in [-0.25, -0.2) is 4.79 Å². The van der Waals surface area contributed by atoms with Crippen molar-refractivity contribution in [2.45, 2.75) is 43.6 Å². The summed E-state index contributed by atoms with van der Waals surface area (Å²) in [6, 6.07) is 8.75. The maximum absolute atomic E-state index is 12.6. The van der Waals surface area contributed by atoms with Gasteiger partial charge in [0.15, 0.2) is 5.12 Å². The molecule has 1 aromatic carbocycles. The minimum absolute atomic E-state index is 0.0746. The molecule has 1 aliphatic rings. The smallest absolute Gasteiger partial charge is 0.327 e. The van der Waals surface area contributed by atoms with Crippen LogP contribution in [0, 0.1) is 0 Å². The van der Waals surface area contributed by atoms with Crippen molar-refractivity contribution in [1.82, 2.24) is 4.90 Å². The number of hydrogen-bond donors (Lipinski definition) is 0. The first-order valence-electron chi connectivity index (χ1n) is 9.42. The monoisotopic (exact) mass is 483 g/mol. The Balaban J connectivity index is 2.38. The fourth-order valence-corrected chi connectivity index (χ4v) is 5.21. The number of methoxy groups -OCH3 is 2. The van der Waals surface area contributed by atoms with E-state index in [0.29, 0.717) is 19.4 Å². The molecule has 1 heterocycles. The minimum Gasteiger partial charge on any atom is -0.469 e. The number of halogens is 1. The highest BCUT2D eigenvalue weighted by Crippen LogP contribution is 2.40. The van der Waals surface area contributed by atoms with Crippen molar-refractivity contribution in [2.24, 2.45) is 0 Å². The Labute approximate surface area is 184 Å². The number of carbonyl (C=O) groups is 3. The average molecular weight is 484 g/mol. The van der Waals surface area contributed by atoms with Crippen LogP contribution in [0.15, 0.2) is 40.8 Å². The summed E-state index contributed by atoms with van der Waals surface area (Å²) in [5.41, 5.74) is 1.60. The van der Waals surface area contributed by atoms with Crippen LogP contribution < -0.4 is 0 Å². The van der Waals surface area contributed by atoms with E-state index in [1.165, 1.54) is 26.0 Å². The average Bonchev–Trinajstić information content (AvgIpc) is 2.71. The van der Waals surface area contributed by atoms with Gasteiger partial charge in [0.25, 0.3) is 0 Å². The SMILES string of the molecule is CCCC(=O)SC1=C(CC(=O)OC)CN([C@H](C(=O)OC)c2ccccc2)C(Br)C1. The third-order valence-corrected chi connectivity index (χ3v) is 6.61. The summed E-state index contributed by atoms with van der Waals surface area (Å²) in [4.78, 5) is 39.5. The Morgan fingerprint density at radius 3 is 2.48 bits per heavy atom. The van der Waals surface area contributed by atoms with Crippen molar-refractivity contribution in [3.8, 4) is 0 Å². The quantitative estimate of drug-likeness (QED) is 0.311. The van der Waals surface area contributed by atoms with Crippen LogP contribution >= 0.6 is 27.7 Å². The standard InChI is InChI=1S/C21H26BrNO5S/c1-4-8-19(25)29-16-12-17(22)23(13-15(16)11-18(24)27-2)20(21(26)28-3)14-9-6-5-7-10-14/h5-7,9-10,17,20H,4,8,11-13H2,1-3H3/t17?,20-/m0/s1. The molecular formula is C21H26BrNO5S. The second-order valence-electron chi connectivity index (χ2n) is 6.65. The Morgan fingerprint density at radius 1 is 1.21 bits per heavy atom. The van der Waals surface area contributed by atoms with Crippen molar-refractivity contribution >= 4 is 44.7 Å². The lowest BCUT2D eigenvalue weighted by molar-refractivity contribution is -0.147. The van der Waals surface area contributed by atoms with E-state index in [2.05, 4.69) is 15.9 Å². The number of ether oxygens (including phenoxy) is 2. The van der Waals surface area contributed by atoms with E-state index in [4.69, 9.17) is 9.47 Å². The number of alkyl halides is 1. The van der Waals surface area contributed by atoms with Gasteiger partial charge in [0.05, 0.1) is 25.6 Å². The third kappa shape index (κ3) is 6.42. The Bertz CT molecular complexity index is 768. The lowest BCUT2D eigenvalue weighted by Gasteiger charge is -2.39. The summed E-state index contributed by atoms with van der Waals surface area (Å²) in [6.45, 7) is 2.31. The predicted molar refractivity (Wildman–Crippen MR) is 116 cm³/mol. The van der Waals surface area contributed by atoms with Gasteiger partial charge in [-0.1, -0.05) is 64.9 Å². The van der Waals surface area contributed by atoms with E-state index in [1.54, 1.807) is 0 Å². The molecule has 158 valence electrons. The maximum Gasteiger partial charge on any atom is 0.327 e. The first-order chi connectivity index (χ1) is 13.9. The van der Waals surface area contributed by atoms with Gasteiger partial charge < -0.3 is 9.47 Å². The van der Waals surface area contributed by atoms with Gasteiger partial charge in [-0.05, 0) is 22.5 Å². The van der Waals surface area contributed by atoms with Gasteiger partial charge in [0, 0.05) is 19.4 Å². The normalized spacial score (nSPS) is 18.3. The lowest BCUT2D eigenvalue weighted by Crippen LogP contribution is -2.43. The van der Waals surface area contributed by atoms with Crippen LogP contribution in [0.1, 0.15) is 44.2 Å². The van der Waals surface area contributed by atoms with E-state index in [-0.39, 0.29) is 28.4 Å². The van der Waals surface area contributed by atoms with E-state index in [0.717, 1.165) is 22.5 Å². The van der Waals surface area contributed by atoms with Gasteiger partial charge >= 0.3 is 11.9 Å². The van der Waals surface area contributed by atoms with Crippen LogP contribution in [-0.4, -0.2) is 47.7 Å². The number of carbonyl (C=O) groups excluding carboxylic acids is 3. The predicted octanol–water partition coefficient (Wildman–Crippen LogP) is 4.20. The second-order valence-corrected chi connectivity index (χ2v) is 8.86. The van der Waals surface area contributed by atoms with Gasteiger partial charge in [-0.15, -0.1) is 0 Å². The van der Waals surface area contributed by atoms with Crippen LogP contribution in [0.5, 0.6) is 0 Å². The van der Waals surface area contributed by atoms with Crippen molar-refractivity contribution in [3.63, 3.8) is 0 Å². The number of hydrogen-bond acceptors (Lipinski definition) is 7. The molecule has 2 atom stereocenters. The van der Waals surface area contributed by atoms with Crippen LogP contribution in [0.3, 0.4) is 0 Å². The molecule has 0 saturated heterocycles. The Morgan fingerprint density at radius 2 is 1.90 bits per heavy atom. The second kappa shape index (κ2) is 11.5. The fourth-order valence-electron chi connectivity index (χ4n) is 3.19. The molecule has 0 saturated carbocycles. The molecule has 0 aliphatic carbocycles. The molecule has 1 unspecified atom stereocenters. The lowest BCUT2D eigenvalue weighted by atomic mass is 10.00. The van der Waals surface area contributed by atoms with Crippen LogP contribution in [0.25, 0.3) is 0 Å². The zero-order valence-corrected chi connectivity index (χ0v) is 19.3. The van der Waals surface area contributed by atoms with Crippen molar-refractivity contribution in [2.75, 3.05) is 20.8 Å². The largest absolute Gasteiger partial charge is 0.469 e. The first-order valence-corrected chi connectivity index (χ1v) is 11.1. The van der Waals surface area contributed by atoms with E-state index < -0.39 is 6.04 Å². The summed E-state index contributed by atoms with van der Waals surface area (Å²) in [5, 5.41) is 0.0746. The first kappa shape index (κ1) is 23.6. The minimum atomic E-state index is -0.629. The van der Waals surface area contributed by atoms with Crippen molar-refractivity contribution in [1.29, 1.82) is 0 Å². The van der Waals surface area contributed by atoms with Gasteiger partial charge in [-0.2, -0.15) is 0 Å². The highest BCUT2D eigenvalue weighted by molar-refractivity contribution is 9.09. The molecule has 29 heavy (non-hydrogen) atoms. The molecule has 2 rings (SSSR count). The van der Waals surface area contributed by atoms with Gasteiger partial charge in [0.2, 0.25) is 0 Å². The number of thioether (sulfide) groups is 1. The molecule has 0 bridgehead atoms. The molecule has 0 aromatic heterocycles. The van der Waals surface area contributed by atoms with Crippen molar-refractivity contribution < 1.29 is 23.9 Å². The summed E-state index contributed by atoms with van der Waals surface area (Å²) in [7, 11) is 2.70. The molecule has 8 heteroatoms. The number of rotatable bonds is 8.